The first-order chi connectivity index (χ1) is 12.2. The maximum Gasteiger partial charge on any atom is 0.227 e. The van der Waals surface area contributed by atoms with Crippen molar-refractivity contribution >= 4 is 17.6 Å². The topological polar surface area (TPSA) is 57.2 Å². The smallest absolute Gasteiger partial charge is 0.227 e. The Bertz CT molecular complexity index is 626. The summed E-state index contributed by atoms with van der Waals surface area (Å²) in [5.74, 6) is 1.68. The number of nitrogens with one attached hydrogen (secondary N) is 1. The predicted octanol–water partition coefficient (Wildman–Crippen LogP) is 1.86. The van der Waals surface area contributed by atoms with Crippen molar-refractivity contribution in [2.45, 2.75) is 25.8 Å². The van der Waals surface area contributed by atoms with Gasteiger partial charge in [0, 0.05) is 58.4 Å². The van der Waals surface area contributed by atoms with E-state index < -0.39 is 0 Å². The summed E-state index contributed by atoms with van der Waals surface area (Å²) >= 11 is 0. The Hall–Kier alpha value is -2.08. The first-order valence-corrected chi connectivity index (χ1v) is 9.06. The molecule has 2 aliphatic rings. The summed E-state index contributed by atoms with van der Waals surface area (Å²) in [6, 6.07) is 8.19. The van der Waals surface area contributed by atoms with Crippen molar-refractivity contribution in [1.29, 1.82) is 0 Å². The fraction of sp³-hybridized carbons (Fsp3) is 0.579. The Morgan fingerprint density at radius 1 is 1.48 bits per heavy atom. The lowest BCUT2D eigenvalue weighted by Gasteiger charge is -2.24. The molecule has 0 radical (unpaired) electrons. The van der Waals surface area contributed by atoms with Gasteiger partial charge in [0.15, 0.2) is 5.96 Å². The summed E-state index contributed by atoms with van der Waals surface area (Å²) < 4.78 is 5.45. The van der Waals surface area contributed by atoms with Gasteiger partial charge < -0.3 is 19.9 Å². The average molecular weight is 344 g/mol. The van der Waals surface area contributed by atoms with Gasteiger partial charge in [-0.15, -0.1) is 0 Å². The van der Waals surface area contributed by atoms with E-state index in [1.165, 1.54) is 0 Å². The number of amides is 1. The number of ether oxygens (including phenoxy) is 1. The molecule has 2 aliphatic heterocycles. The SMILES string of the molecule is CN=C(NCc1cccc(N2CCCC2=O)c1)N(C)CC1CCOC1. The van der Waals surface area contributed by atoms with Crippen LogP contribution in [0.2, 0.25) is 0 Å². The molecule has 0 saturated carbocycles. The monoisotopic (exact) mass is 344 g/mol. The Kier molecular flexibility index (Phi) is 5.91. The van der Waals surface area contributed by atoms with Gasteiger partial charge in [-0.3, -0.25) is 9.79 Å². The van der Waals surface area contributed by atoms with Crippen LogP contribution in [0.1, 0.15) is 24.8 Å². The Morgan fingerprint density at radius 3 is 3.04 bits per heavy atom. The molecule has 2 fully saturated rings. The minimum atomic E-state index is 0.222. The van der Waals surface area contributed by atoms with Crippen LogP contribution in [0.25, 0.3) is 0 Å². The second-order valence-corrected chi connectivity index (χ2v) is 6.83. The number of carbonyl (C=O) groups is 1. The van der Waals surface area contributed by atoms with Gasteiger partial charge in [-0.2, -0.15) is 0 Å². The molecule has 1 amide bonds. The number of guanidine groups is 1. The molecule has 3 rings (SSSR count). The van der Waals surface area contributed by atoms with E-state index in [-0.39, 0.29) is 5.91 Å². The van der Waals surface area contributed by atoms with E-state index in [2.05, 4.69) is 34.4 Å². The summed E-state index contributed by atoms with van der Waals surface area (Å²) in [6.45, 7) is 4.17. The molecule has 0 aliphatic carbocycles. The van der Waals surface area contributed by atoms with Gasteiger partial charge >= 0.3 is 0 Å². The maximum atomic E-state index is 11.9. The van der Waals surface area contributed by atoms with E-state index >= 15 is 0 Å². The molecule has 0 aromatic heterocycles. The second-order valence-electron chi connectivity index (χ2n) is 6.83. The fourth-order valence-electron chi connectivity index (χ4n) is 3.52. The molecule has 1 aromatic carbocycles. The zero-order valence-corrected chi connectivity index (χ0v) is 15.2. The van der Waals surface area contributed by atoms with Crippen LogP contribution in [0.3, 0.4) is 0 Å². The van der Waals surface area contributed by atoms with Crippen molar-refractivity contribution in [3.05, 3.63) is 29.8 Å². The van der Waals surface area contributed by atoms with E-state index in [4.69, 9.17) is 4.74 Å². The summed E-state index contributed by atoms with van der Waals surface area (Å²) in [4.78, 5) is 20.3. The van der Waals surface area contributed by atoms with Gasteiger partial charge in [-0.25, -0.2) is 0 Å². The van der Waals surface area contributed by atoms with E-state index in [9.17, 15) is 4.79 Å². The number of anilines is 1. The molecule has 25 heavy (non-hydrogen) atoms. The third-order valence-electron chi connectivity index (χ3n) is 4.88. The zero-order chi connectivity index (χ0) is 17.6. The predicted molar refractivity (Wildman–Crippen MR) is 99.8 cm³/mol. The first kappa shape index (κ1) is 17.7. The molecular weight excluding hydrogens is 316 g/mol. The normalized spacial score (nSPS) is 21.0. The highest BCUT2D eigenvalue weighted by atomic mass is 16.5. The van der Waals surface area contributed by atoms with Crippen molar-refractivity contribution < 1.29 is 9.53 Å². The minimum Gasteiger partial charge on any atom is -0.381 e. The van der Waals surface area contributed by atoms with Gasteiger partial charge in [-0.1, -0.05) is 12.1 Å². The zero-order valence-electron chi connectivity index (χ0n) is 15.2. The van der Waals surface area contributed by atoms with Crippen molar-refractivity contribution in [2.24, 2.45) is 10.9 Å². The largest absolute Gasteiger partial charge is 0.381 e. The Labute approximate surface area is 149 Å². The molecule has 0 bridgehead atoms. The number of hydrogen-bond donors (Lipinski definition) is 1. The standard InChI is InChI=1S/C19H28N4O2/c1-20-19(22(2)13-16-8-10-25-14-16)21-12-15-5-3-6-17(11-15)23-9-4-7-18(23)24/h3,5-6,11,16H,4,7-10,12-14H2,1-2H3,(H,20,21). The molecule has 6 nitrogen and oxygen atoms in total. The maximum absolute atomic E-state index is 11.9. The second kappa shape index (κ2) is 8.34. The van der Waals surface area contributed by atoms with Crippen molar-refractivity contribution in [2.75, 3.05) is 45.3 Å². The van der Waals surface area contributed by atoms with Crippen molar-refractivity contribution in [3.63, 3.8) is 0 Å². The molecule has 2 heterocycles. The molecule has 136 valence electrons. The average Bonchev–Trinajstić information content (AvgIpc) is 3.27. The quantitative estimate of drug-likeness (QED) is 0.654. The number of aliphatic imine (C=N–C) groups is 1. The minimum absolute atomic E-state index is 0.222. The van der Waals surface area contributed by atoms with Crippen LogP contribution in [0.15, 0.2) is 29.3 Å². The summed E-state index contributed by atoms with van der Waals surface area (Å²) in [5.41, 5.74) is 2.14. The van der Waals surface area contributed by atoms with Crippen LogP contribution < -0.4 is 10.2 Å². The highest BCUT2D eigenvalue weighted by Crippen LogP contribution is 2.22. The molecule has 1 atom stereocenters. The van der Waals surface area contributed by atoms with Crippen LogP contribution in [0.4, 0.5) is 5.69 Å². The highest BCUT2D eigenvalue weighted by Gasteiger charge is 2.22. The molecule has 1 N–H and O–H groups in total. The van der Waals surface area contributed by atoms with Crippen LogP contribution >= 0.6 is 0 Å². The van der Waals surface area contributed by atoms with Gasteiger partial charge in [0.25, 0.3) is 0 Å². The number of hydrogen-bond acceptors (Lipinski definition) is 3. The summed E-state index contributed by atoms with van der Waals surface area (Å²) in [5, 5.41) is 3.42. The van der Waals surface area contributed by atoms with Crippen molar-refractivity contribution in [3.8, 4) is 0 Å². The summed E-state index contributed by atoms with van der Waals surface area (Å²) in [7, 11) is 3.87. The van der Waals surface area contributed by atoms with Gasteiger partial charge in [-0.05, 0) is 30.5 Å². The Balaban J connectivity index is 1.57. The molecule has 6 heteroatoms. The van der Waals surface area contributed by atoms with E-state index in [1.54, 1.807) is 0 Å². The van der Waals surface area contributed by atoms with Crippen LogP contribution in [0, 0.1) is 5.92 Å². The first-order valence-electron chi connectivity index (χ1n) is 9.06. The fourth-order valence-corrected chi connectivity index (χ4v) is 3.52. The molecule has 2 saturated heterocycles. The lowest BCUT2D eigenvalue weighted by atomic mass is 10.1. The van der Waals surface area contributed by atoms with E-state index in [0.717, 1.165) is 56.4 Å². The lowest BCUT2D eigenvalue weighted by Crippen LogP contribution is -2.41. The van der Waals surface area contributed by atoms with E-state index in [1.807, 2.05) is 24.1 Å². The van der Waals surface area contributed by atoms with Crippen LogP contribution in [-0.4, -0.2) is 57.2 Å². The number of carbonyl (C=O) groups excluding carboxylic acids is 1. The van der Waals surface area contributed by atoms with Crippen molar-refractivity contribution in [1.82, 2.24) is 10.2 Å². The Morgan fingerprint density at radius 2 is 2.36 bits per heavy atom. The van der Waals surface area contributed by atoms with Crippen LogP contribution in [-0.2, 0) is 16.1 Å². The third kappa shape index (κ3) is 4.51. The third-order valence-corrected chi connectivity index (χ3v) is 4.88. The molecule has 0 spiro atoms. The molecule has 1 unspecified atom stereocenters. The van der Waals surface area contributed by atoms with Gasteiger partial charge in [0.05, 0.1) is 6.61 Å². The number of nitrogens with zero attached hydrogens (tertiary/aromatic N) is 3. The van der Waals surface area contributed by atoms with Gasteiger partial charge in [0.1, 0.15) is 0 Å². The number of rotatable bonds is 5. The molecular formula is C19H28N4O2. The highest BCUT2D eigenvalue weighted by molar-refractivity contribution is 5.95. The summed E-state index contributed by atoms with van der Waals surface area (Å²) in [6.07, 6.45) is 2.72. The van der Waals surface area contributed by atoms with E-state index in [0.29, 0.717) is 18.9 Å². The van der Waals surface area contributed by atoms with Gasteiger partial charge in [0.2, 0.25) is 5.91 Å². The lowest BCUT2D eigenvalue weighted by molar-refractivity contribution is -0.117. The van der Waals surface area contributed by atoms with Crippen LogP contribution in [0.5, 0.6) is 0 Å². The number of benzene rings is 1. The molecule has 1 aromatic rings.